The zero-order valence-corrected chi connectivity index (χ0v) is 16.6. The van der Waals surface area contributed by atoms with Crippen molar-refractivity contribution in [2.75, 3.05) is 19.4 Å². The molecule has 140 valence electrons. The van der Waals surface area contributed by atoms with Gasteiger partial charge >= 0.3 is 0 Å². The molecular formula is C18H23ClN4O2S. The first-order chi connectivity index (χ1) is 12.6. The van der Waals surface area contributed by atoms with Crippen LogP contribution in [0, 0.1) is 0 Å². The Labute approximate surface area is 162 Å². The van der Waals surface area contributed by atoms with E-state index in [1.807, 2.05) is 4.90 Å². The molecule has 1 aromatic carbocycles. The minimum Gasteiger partial charge on any atom is -0.496 e. The van der Waals surface area contributed by atoms with E-state index in [0.717, 1.165) is 31.4 Å². The summed E-state index contributed by atoms with van der Waals surface area (Å²) in [6, 6.07) is 5.70. The fraction of sp³-hybridized carbons (Fsp3) is 0.500. The highest BCUT2D eigenvalue weighted by molar-refractivity contribution is 7.99. The fourth-order valence-electron chi connectivity index (χ4n) is 3.26. The number of halogens is 1. The molecule has 1 aliphatic heterocycles. The SMILES string of the molecule is CCC1CCCCN1C(=O)CSc1n[nH]c(-c2cc(Cl)ccc2OC)n1. The maximum Gasteiger partial charge on any atom is 0.233 e. The van der Waals surface area contributed by atoms with Crippen molar-refractivity contribution < 1.29 is 9.53 Å². The lowest BCUT2D eigenvalue weighted by Crippen LogP contribution is -2.44. The van der Waals surface area contributed by atoms with Crippen LogP contribution in [-0.4, -0.2) is 51.4 Å². The molecule has 0 saturated carbocycles. The Morgan fingerprint density at radius 1 is 1.46 bits per heavy atom. The Kier molecular flexibility index (Phi) is 6.43. The average Bonchev–Trinajstić information content (AvgIpc) is 3.15. The molecule has 1 aliphatic rings. The maximum atomic E-state index is 12.6. The Balaban J connectivity index is 1.66. The number of amides is 1. The normalized spacial score (nSPS) is 17.3. The second-order valence-electron chi connectivity index (χ2n) is 6.24. The van der Waals surface area contributed by atoms with Crippen LogP contribution in [0.4, 0.5) is 0 Å². The van der Waals surface area contributed by atoms with Gasteiger partial charge in [-0.1, -0.05) is 30.3 Å². The van der Waals surface area contributed by atoms with Crippen molar-refractivity contribution in [2.24, 2.45) is 0 Å². The Morgan fingerprint density at radius 2 is 2.31 bits per heavy atom. The summed E-state index contributed by atoms with van der Waals surface area (Å²) in [5, 5.41) is 8.25. The summed E-state index contributed by atoms with van der Waals surface area (Å²) in [5.41, 5.74) is 0.743. The van der Waals surface area contributed by atoms with E-state index in [1.165, 1.54) is 18.2 Å². The van der Waals surface area contributed by atoms with Crippen LogP contribution < -0.4 is 4.74 Å². The van der Waals surface area contributed by atoms with Crippen molar-refractivity contribution in [2.45, 2.75) is 43.8 Å². The molecule has 1 N–H and O–H groups in total. The number of thioether (sulfide) groups is 1. The molecule has 1 unspecified atom stereocenters. The van der Waals surface area contributed by atoms with E-state index in [1.54, 1.807) is 25.3 Å². The number of rotatable bonds is 6. The second kappa shape index (κ2) is 8.77. The molecule has 2 aromatic rings. The lowest BCUT2D eigenvalue weighted by atomic mass is 10.0. The number of piperidine rings is 1. The first kappa shape index (κ1) is 19.0. The van der Waals surface area contributed by atoms with Gasteiger partial charge in [0.05, 0.1) is 18.4 Å². The molecule has 1 atom stereocenters. The van der Waals surface area contributed by atoms with Gasteiger partial charge < -0.3 is 9.64 Å². The predicted molar refractivity (Wildman–Crippen MR) is 104 cm³/mol. The quantitative estimate of drug-likeness (QED) is 0.749. The first-order valence-electron chi connectivity index (χ1n) is 8.81. The molecule has 0 radical (unpaired) electrons. The largest absolute Gasteiger partial charge is 0.496 e. The minimum atomic E-state index is 0.160. The third-order valence-corrected chi connectivity index (χ3v) is 5.69. The van der Waals surface area contributed by atoms with Gasteiger partial charge in [0.15, 0.2) is 5.82 Å². The van der Waals surface area contributed by atoms with Crippen molar-refractivity contribution in [1.29, 1.82) is 0 Å². The highest BCUT2D eigenvalue weighted by Gasteiger charge is 2.25. The molecule has 2 heterocycles. The number of likely N-dealkylation sites (tertiary alicyclic amines) is 1. The molecule has 1 aromatic heterocycles. The summed E-state index contributed by atoms with van der Waals surface area (Å²) in [4.78, 5) is 19.1. The number of nitrogens with one attached hydrogen (secondary N) is 1. The summed E-state index contributed by atoms with van der Waals surface area (Å²) in [6.07, 6.45) is 4.41. The van der Waals surface area contributed by atoms with Gasteiger partial charge in [-0.05, 0) is 43.9 Å². The number of nitrogens with zero attached hydrogens (tertiary/aromatic N) is 3. The molecule has 3 rings (SSSR count). The highest BCUT2D eigenvalue weighted by atomic mass is 35.5. The van der Waals surface area contributed by atoms with Crippen molar-refractivity contribution in [3.05, 3.63) is 23.2 Å². The topological polar surface area (TPSA) is 71.1 Å². The summed E-state index contributed by atoms with van der Waals surface area (Å²) in [6.45, 7) is 3.00. The van der Waals surface area contributed by atoms with Crippen molar-refractivity contribution in [3.8, 4) is 17.1 Å². The number of hydrogen-bond donors (Lipinski definition) is 1. The molecule has 0 spiro atoms. The van der Waals surface area contributed by atoms with Crippen LogP contribution in [0.5, 0.6) is 5.75 Å². The maximum absolute atomic E-state index is 12.6. The van der Waals surface area contributed by atoms with E-state index in [4.69, 9.17) is 16.3 Å². The number of hydrogen-bond acceptors (Lipinski definition) is 5. The molecule has 0 bridgehead atoms. The van der Waals surface area contributed by atoms with Crippen molar-refractivity contribution >= 4 is 29.3 Å². The monoisotopic (exact) mass is 394 g/mol. The summed E-state index contributed by atoms with van der Waals surface area (Å²) < 4.78 is 5.35. The highest BCUT2D eigenvalue weighted by Crippen LogP contribution is 2.31. The molecule has 0 aliphatic carbocycles. The van der Waals surface area contributed by atoms with Gasteiger partial charge in [0.2, 0.25) is 11.1 Å². The Bertz CT molecular complexity index is 767. The average molecular weight is 395 g/mol. The predicted octanol–water partition coefficient (Wildman–Crippen LogP) is 4.02. The van der Waals surface area contributed by atoms with Crippen LogP contribution in [0.1, 0.15) is 32.6 Å². The van der Waals surface area contributed by atoms with Gasteiger partial charge in [-0.2, -0.15) is 0 Å². The zero-order valence-electron chi connectivity index (χ0n) is 15.0. The van der Waals surface area contributed by atoms with Gasteiger partial charge in [0.1, 0.15) is 5.75 Å². The third kappa shape index (κ3) is 4.32. The number of H-pyrrole nitrogens is 1. The Morgan fingerprint density at radius 3 is 3.08 bits per heavy atom. The Hall–Kier alpha value is -1.73. The number of methoxy groups -OCH3 is 1. The summed E-state index contributed by atoms with van der Waals surface area (Å²) >= 11 is 7.42. The summed E-state index contributed by atoms with van der Waals surface area (Å²) in [5.74, 6) is 1.75. The third-order valence-electron chi connectivity index (χ3n) is 4.63. The molecule has 26 heavy (non-hydrogen) atoms. The van der Waals surface area contributed by atoms with Crippen LogP contribution in [0.25, 0.3) is 11.4 Å². The number of carbonyl (C=O) groups excluding carboxylic acids is 1. The molecule has 1 fully saturated rings. The van der Waals surface area contributed by atoms with Gasteiger partial charge in [0, 0.05) is 17.6 Å². The van der Waals surface area contributed by atoms with Crippen LogP contribution in [0.2, 0.25) is 5.02 Å². The van der Waals surface area contributed by atoms with Crippen molar-refractivity contribution in [1.82, 2.24) is 20.1 Å². The van der Waals surface area contributed by atoms with Gasteiger partial charge in [-0.15, -0.1) is 5.10 Å². The number of benzene rings is 1. The lowest BCUT2D eigenvalue weighted by Gasteiger charge is -2.35. The van der Waals surface area contributed by atoms with Gasteiger partial charge in [-0.3, -0.25) is 9.89 Å². The second-order valence-corrected chi connectivity index (χ2v) is 7.62. The van der Waals surface area contributed by atoms with E-state index >= 15 is 0 Å². The number of aromatic nitrogens is 3. The number of ether oxygens (including phenoxy) is 1. The van der Waals surface area contributed by atoms with Gasteiger partial charge in [-0.25, -0.2) is 4.98 Å². The minimum absolute atomic E-state index is 0.160. The molecular weight excluding hydrogens is 372 g/mol. The van der Waals surface area contributed by atoms with E-state index in [-0.39, 0.29) is 5.91 Å². The van der Waals surface area contributed by atoms with Crippen LogP contribution in [0.15, 0.2) is 23.4 Å². The standard InChI is InChI=1S/C18H23ClN4O2S/c1-3-13-6-4-5-9-23(13)16(24)11-26-18-20-17(21-22-18)14-10-12(19)7-8-15(14)25-2/h7-8,10,13H,3-6,9,11H2,1-2H3,(H,20,21,22). The molecule has 1 amide bonds. The van der Waals surface area contributed by atoms with E-state index in [9.17, 15) is 4.79 Å². The zero-order chi connectivity index (χ0) is 18.5. The smallest absolute Gasteiger partial charge is 0.233 e. The fourth-order valence-corrected chi connectivity index (χ4v) is 4.12. The van der Waals surface area contributed by atoms with Crippen LogP contribution in [-0.2, 0) is 4.79 Å². The number of carbonyl (C=O) groups is 1. The van der Waals surface area contributed by atoms with Crippen molar-refractivity contribution in [3.63, 3.8) is 0 Å². The first-order valence-corrected chi connectivity index (χ1v) is 10.2. The number of aromatic amines is 1. The summed E-state index contributed by atoms with van der Waals surface area (Å²) in [7, 11) is 1.60. The lowest BCUT2D eigenvalue weighted by molar-refractivity contribution is -0.132. The van der Waals surface area contributed by atoms with Crippen LogP contribution in [0.3, 0.4) is 0 Å². The van der Waals surface area contributed by atoms with E-state index in [0.29, 0.717) is 33.5 Å². The van der Waals surface area contributed by atoms with Gasteiger partial charge in [0.25, 0.3) is 0 Å². The van der Waals surface area contributed by atoms with Crippen LogP contribution >= 0.6 is 23.4 Å². The van der Waals surface area contributed by atoms with E-state index in [2.05, 4.69) is 22.1 Å². The molecule has 1 saturated heterocycles. The molecule has 6 nitrogen and oxygen atoms in total. The van der Waals surface area contributed by atoms with E-state index < -0.39 is 0 Å². The molecule has 8 heteroatoms.